The van der Waals surface area contributed by atoms with E-state index in [9.17, 15) is 0 Å². The lowest BCUT2D eigenvalue weighted by Crippen LogP contribution is -2.11. The van der Waals surface area contributed by atoms with Crippen LogP contribution in [-0.4, -0.2) is 11.6 Å². The summed E-state index contributed by atoms with van der Waals surface area (Å²) in [5.41, 5.74) is 12.8. The van der Waals surface area contributed by atoms with Crippen molar-refractivity contribution in [2.24, 2.45) is 0 Å². The van der Waals surface area contributed by atoms with Crippen molar-refractivity contribution < 1.29 is 9.59 Å². The van der Waals surface area contributed by atoms with E-state index in [1.165, 1.54) is 0 Å². The normalized spacial score (nSPS) is 12.3. The zero-order valence-corrected chi connectivity index (χ0v) is 39.2. The Kier molecular flexibility index (Phi) is 14.7. The van der Waals surface area contributed by atoms with Crippen LogP contribution in [0.3, 0.4) is 0 Å². The van der Waals surface area contributed by atoms with Crippen LogP contribution in [0, 0.1) is 23.7 Å². The Morgan fingerprint density at radius 1 is 0.352 bits per heavy atom. The molecule has 0 radical (unpaired) electrons. The first-order chi connectivity index (χ1) is 34.9. The molecule has 2 heteroatoms. The van der Waals surface area contributed by atoms with Crippen LogP contribution in [-0.2, 0) is 9.59 Å². The molecular formula is C69H48O2. The predicted octanol–water partition coefficient (Wildman–Crippen LogP) is 15.3. The molecule has 0 spiro atoms. The minimum absolute atomic E-state index is 0.204. The van der Waals surface area contributed by atoms with E-state index in [4.69, 9.17) is 0 Å². The van der Waals surface area contributed by atoms with Crippen LogP contribution < -0.4 is 0 Å². The van der Waals surface area contributed by atoms with Crippen molar-refractivity contribution in [2.75, 3.05) is 0 Å². The van der Waals surface area contributed by atoms with E-state index in [1.807, 2.05) is 237 Å². The van der Waals surface area contributed by atoms with Gasteiger partial charge < -0.3 is 0 Å². The molecule has 336 valence electrons. The second kappa shape index (κ2) is 22.5. The Hall–Kier alpha value is -9.60. The molecular weight excluding hydrogens is 861 g/mol. The smallest absolute Gasteiger partial charge is 0.194 e. The van der Waals surface area contributed by atoms with Crippen LogP contribution >= 0.6 is 0 Å². The molecule has 1 aliphatic rings. The fraction of sp³-hybridized carbons (Fsp3) is 0.0145. The number of rotatable bonds is 12. The summed E-state index contributed by atoms with van der Waals surface area (Å²) in [6, 6.07) is 73.0. The van der Waals surface area contributed by atoms with Crippen LogP contribution in [0.25, 0.3) is 27.9 Å². The van der Waals surface area contributed by atoms with Gasteiger partial charge in [-0.1, -0.05) is 237 Å². The van der Waals surface area contributed by atoms with Crippen molar-refractivity contribution in [3.8, 4) is 23.7 Å². The molecule has 0 heterocycles. The van der Waals surface area contributed by atoms with Crippen LogP contribution in [0.2, 0.25) is 0 Å². The van der Waals surface area contributed by atoms with Gasteiger partial charge in [-0.2, -0.15) is 0 Å². The van der Waals surface area contributed by atoms with E-state index >= 15 is 9.59 Å². The standard InChI is InChI=1S/C69H48O2/c1-50(56-27-16-7-17-28-56)68(70)66(58-31-14-3-4-15-32-58)64(60-45-41-54(42-46-60)39-37-52-23-10-5-11-24-52)62-35-22-36-63(49-62)65(61-47-43-55(44-48-61)40-38-53-25-12-6-13-26-53)67(59-33-20-9-21-34-59)69(71)51(2)57-29-18-8-19-30-57/h3-14,16-36,41-49H,1-2,15H2. The molecule has 0 saturated carbocycles. The highest BCUT2D eigenvalue weighted by Gasteiger charge is 2.27. The Morgan fingerprint density at radius 3 is 1.17 bits per heavy atom. The third-order valence-corrected chi connectivity index (χ3v) is 12.1. The Labute approximate surface area is 417 Å². The summed E-state index contributed by atoms with van der Waals surface area (Å²) in [7, 11) is 0. The SMILES string of the molecule is C=C(C(=O)C(C1=CCC=CC=C1)=C(c1ccc(C#Cc2ccccc2)cc1)c1cccc(C(=C(C(=O)C(=C)c2ccccc2)c2ccccc2)c2ccc(C#Cc3ccccc3)cc2)c1)c1ccccc1. The third kappa shape index (κ3) is 11.2. The quantitative estimate of drug-likeness (QED) is 0.0695. The minimum atomic E-state index is -0.213. The molecule has 0 amide bonds. The molecule has 0 aromatic heterocycles. The van der Waals surface area contributed by atoms with E-state index in [2.05, 4.69) is 55.1 Å². The van der Waals surface area contributed by atoms with Gasteiger partial charge in [-0.25, -0.2) is 0 Å². The first kappa shape index (κ1) is 46.5. The van der Waals surface area contributed by atoms with Gasteiger partial charge >= 0.3 is 0 Å². The zero-order chi connectivity index (χ0) is 48.8. The Morgan fingerprint density at radius 2 is 0.718 bits per heavy atom. The van der Waals surface area contributed by atoms with Crippen molar-refractivity contribution in [3.63, 3.8) is 0 Å². The number of allylic oxidation sites excluding steroid dienone is 10. The molecule has 8 aromatic rings. The first-order valence-electron chi connectivity index (χ1n) is 23.5. The zero-order valence-electron chi connectivity index (χ0n) is 39.2. The maximum atomic E-state index is 15.4. The molecule has 0 bridgehead atoms. The van der Waals surface area contributed by atoms with Crippen molar-refractivity contribution in [3.05, 3.63) is 340 Å². The van der Waals surface area contributed by atoms with Crippen molar-refractivity contribution in [2.45, 2.75) is 6.42 Å². The second-order valence-corrected chi connectivity index (χ2v) is 16.9. The van der Waals surface area contributed by atoms with Crippen LogP contribution in [0.1, 0.15) is 67.6 Å². The predicted molar refractivity (Wildman–Crippen MR) is 294 cm³/mol. The average molecular weight is 909 g/mol. The van der Waals surface area contributed by atoms with E-state index < -0.39 is 0 Å². The largest absolute Gasteiger partial charge is 0.289 e. The van der Waals surface area contributed by atoms with Crippen LogP contribution in [0.5, 0.6) is 0 Å². The number of carbonyl (C=O) groups is 2. The molecule has 2 nitrogen and oxygen atoms in total. The summed E-state index contributed by atoms with van der Waals surface area (Å²) < 4.78 is 0. The number of benzene rings is 8. The monoisotopic (exact) mass is 908 g/mol. The lowest BCUT2D eigenvalue weighted by molar-refractivity contribution is -0.110. The fourth-order valence-electron chi connectivity index (χ4n) is 8.50. The molecule has 0 unspecified atom stereocenters. The molecule has 0 saturated heterocycles. The van der Waals surface area contributed by atoms with Gasteiger partial charge in [0.1, 0.15) is 0 Å². The molecule has 0 atom stereocenters. The average Bonchev–Trinajstić information content (AvgIpc) is 3.73. The topological polar surface area (TPSA) is 34.1 Å². The van der Waals surface area contributed by atoms with Gasteiger partial charge in [0.15, 0.2) is 11.6 Å². The highest BCUT2D eigenvalue weighted by molar-refractivity contribution is 6.46. The summed E-state index contributed by atoms with van der Waals surface area (Å²) in [4.78, 5) is 30.8. The highest BCUT2D eigenvalue weighted by atomic mass is 16.1. The summed E-state index contributed by atoms with van der Waals surface area (Å²) >= 11 is 0. The molecule has 0 N–H and O–H groups in total. The lowest BCUT2D eigenvalue weighted by atomic mass is 9.81. The van der Waals surface area contributed by atoms with Gasteiger partial charge in [-0.05, 0) is 106 Å². The summed E-state index contributed by atoms with van der Waals surface area (Å²) in [6.45, 7) is 8.80. The first-order valence-corrected chi connectivity index (χ1v) is 23.5. The molecule has 8 aromatic carbocycles. The van der Waals surface area contributed by atoms with Crippen LogP contribution in [0.15, 0.2) is 279 Å². The van der Waals surface area contributed by atoms with E-state index in [-0.39, 0.29) is 11.6 Å². The number of hydrogen-bond donors (Lipinski definition) is 0. The Bertz CT molecular complexity index is 3550. The van der Waals surface area contributed by atoms with Crippen molar-refractivity contribution in [1.82, 2.24) is 0 Å². The summed E-state index contributed by atoms with van der Waals surface area (Å²) in [5.74, 6) is 12.8. The minimum Gasteiger partial charge on any atom is -0.289 e. The lowest BCUT2D eigenvalue weighted by Gasteiger charge is -2.21. The van der Waals surface area contributed by atoms with Gasteiger partial charge in [0, 0.05) is 55.7 Å². The molecule has 0 fully saturated rings. The van der Waals surface area contributed by atoms with E-state index in [1.54, 1.807) is 0 Å². The molecule has 1 aliphatic carbocycles. The highest BCUT2D eigenvalue weighted by Crippen LogP contribution is 2.40. The van der Waals surface area contributed by atoms with Gasteiger partial charge in [0.05, 0.1) is 0 Å². The number of ketones is 2. The Balaban J connectivity index is 1.30. The van der Waals surface area contributed by atoms with E-state index in [0.717, 1.165) is 66.8 Å². The maximum Gasteiger partial charge on any atom is 0.194 e. The summed E-state index contributed by atoms with van der Waals surface area (Å²) in [6.07, 6.45) is 10.8. The molecule has 71 heavy (non-hydrogen) atoms. The fourth-order valence-corrected chi connectivity index (χ4v) is 8.50. The van der Waals surface area contributed by atoms with E-state index in [0.29, 0.717) is 39.9 Å². The second-order valence-electron chi connectivity index (χ2n) is 16.9. The van der Waals surface area contributed by atoms with Gasteiger partial charge in [-0.15, -0.1) is 0 Å². The van der Waals surface area contributed by atoms with Gasteiger partial charge in [0.25, 0.3) is 0 Å². The molecule has 9 rings (SSSR count). The number of carbonyl (C=O) groups excluding carboxylic acids is 2. The maximum absolute atomic E-state index is 15.4. The number of Topliss-reactive ketones (excluding diaryl/α,β-unsaturated/α-hetero) is 2. The van der Waals surface area contributed by atoms with Crippen molar-refractivity contribution >= 4 is 39.4 Å². The van der Waals surface area contributed by atoms with Gasteiger partial charge in [-0.3, -0.25) is 9.59 Å². The van der Waals surface area contributed by atoms with Crippen molar-refractivity contribution in [1.29, 1.82) is 0 Å². The third-order valence-electron chi connectivity index (χ3n) is 12.1. The van der Waals surface area contributed by atoms with Crippen LogP contribution in [0.4, 0.5) is 0 Å². The number of hydrogen-bond acceptors (Lipinski definition) is 2. The van der Waals surface area contributed by atoms with Gasteiger partial charge in [0.2, 0.25) is 0 Å². The summed E-state index contributed by atoms with van der Waals surface area (Å²) in [5, 5.41) is 0. The molecule has 0 aliphatic heterocycles.